The lowest BCUT2D eigenvalue weighted by atomic mass is 9.90. The molecule has 0 aromatic heterocycles. The summed E-state index contributed by atoms with van der Waals surface area (Å²) in [5.41, 5.74) is 0. The highest BCUT2D eigenvalue weighted by Gasteiger charge is 2.27. The van der Waals surface area contributed by atoms with E-state index in [1.807, 2.05) is 0 Å². The van der Waals surface area contributed by atoms with Gasteiger partial charge in [0, 0.05) is 19.1 Å². The van der Waals surface area contributed by atoms with Crippen LogP contribution in [0.4, 0.5) is 0 Å². The van der Waals surface area contributed by atoms with Crippen molar-refractivity contribution in [2.45, 2.75) is 45.6 Å². The highest BCUT2D eigenvalue weighted by Crippen LogP contribution is 2.21. The molecule has 1 fully saturated rings. The van der Waals surface area contributed by atoms with Gasteiger partial charge in [0.05, 0.1) is 13.7 Å². The fraction of sp³-hybridized carbons (Fsp3) is 0.929. The van der Waals surface area contributed by atoms with E-state index in [4.69, 9.17) is 4.74 Å². The highest BCUT2D eigenvalue weighted by atomic mass is 16.5. The number of hydrogen-bond donors (Lipinski definition) is 1. The summed E-state index contributed by atoms with van der Waals surface area (Å²) in [5, 5.41) is 3.59. The van der Waals surface area contributed by atoms with Crippen LogP contribution in [0.2, 0.25) is 0 Å². The van der Waals surface area contributed by atoms with E-state index in [9.17, 15) is 4.79 Å². The predicted molar refractivity (Wildman–Crippen MR) is 73.6 cm³/mol. The predicted octanol–water partition coefficient (Wildman–Crippen LogP) is 1.65. The van der Waals surface area contributed by atoms with Gasteiger partial charge in [0.15, 0.2) is 0 Å². The second kappa shape index (κ2) is 8.48. The van der Waals surface area contributed by atoms with Crippen LogP contribution in [0.5, 0.6) is 0 Å². The molecule has 1 heterocycles. The van der Waals surface area contributed by atoms with Crippen LogP contribution in [-0.4, -0.2) is 50.2 Å². The van der Waals surface area contributed by atoms with Gasteiger partial charge in [-0.2, -0.15) is 0 Å². The summed E-state index contributed by atoms with van der Waals surface area (Å²) in [7, 11) is 1.46. The minimum Gasteiger partial charge on any atom is -0.468 e. The molecule has 0 bridgehead atoms. The third-order valence-corrected chi connectivity index (χ3v) is 3.57. The molecule has 0 radical (unpaired) electrons. The number of rotatable bonds is 7. The average molecular weight is 256 g/mol. The van der Waals surface area contributed by atoms with Gasteiger partial charge in [0.25, 0.3) is 0 Å². The second-order valence-corrected chi connectivity index (χ2v) is 5.31. The molecule has 106 valence electrons. The van der Waals surface area contributed by atoms with Crippen LogP contribution in [0.1, 0.15) is 39.5 Å². The zero-order chi connectivity index (χ0) is 13.4. The van der Waals surface area contributed by atoms with Crippen molar-refractivity contribution in [1.82, 2.24) is 10.2 Å². The Morgan fingerprint density at radius 1 is 1.33 bits per heavy atom. The van der Waals surface area contributed by atoms with Crippen LogP contribution in [0.25, 0.3) is 0 Å². The monoisotopic (exact) mass is 256 g/mol. The highest BCUT2D eigenvalue weighted by molar-refractivity contribution is 5.71. The lowest BCUT2D eigenvalue weighted by Crippen LogP contribution is -2.50. The first-order valence-corrected chi connectivity index (χ1v) is 7.22. The number of likely N-dealkylation sites (tertiary alicyclic amines) is 1. The topological polar surface area (TPSA) is 41.6 Å². The molecule has 2 atom stereocenters. The molecule has 0 aromatic carbocycles. The molecular formula is C14H28N2O2. The molecule has 1 aliphatic rings. The summed E-state index contributed by atoms with van der Waals surface area (Å²) in [6.45, 7) is 7.92. The van der Waals surface area contributed by atoms with E-state index in [1.165, 1.54) is 26.4 Å². The molecule has 1 N–H and O–H groups in total. The van der Waals surface area contributed by atoms with Crippen LogP contribution in [0, 0.1) is 5.92 Å². The van der Waals surface area contributed by atoms with Gasteiger partial charge in [-0.15, -0.1) is 0 Å². The number of esters is 1. The summed E-state index contributed by atoms with van der Waals surface area (Å²) >= 11 is 0. The average Bonchev–Trinajstić information content (AvgIpc) is 2.36. The van der Waals surface area contributed by atoms with Gasteiger partial charge < -0.3 is 10.1 Å². The Morgan fingerprint density at radius 2 is 2.11 bits per heavy atom. The molecule has 0 amide bonds. The van der Waals surface area contributed by atoms with Crippen LogP contribution in [0.3, 0.4) is 0 Å². The van der Waals surface area contributed by atoms with Crippen molar-refractivity contribution >= 4 is 5.97 Å². The van der Waals surface area contributed by atoms with Gasteiger partial charge in [-0.05, 0) is 31.7 Å². The zero-order valence-electron chi connectivity index (χ0n) is 12.1. The maximum atomic E-state index is 11.4. The molecule has 0 aliphatic carbocycles. The van der Waals surface area contributed by atoms with Crippen molar-refractivity contribution in [3.8, 4) is 0 Å². The lowest BCUT2D eigenvalue weighted by Gasteiger charge is -2.37. The van der Waals surface area contributed by atoms with Crippen molar-refractivity contribution in [3.05, 3.63) is 0 Å². The second-order valence-electron chi connectivity index (χ2n) is 5.31. The van der Waals surface area contributed by atoms with E-state index in [0.717, 1.165) is 26.1 Å². The summed E-state index contributed by atoms with van der Waals surface area (Å²) in [5.74, 6) is 0.587. The standard InChI is InChI=1S/C14H28N2O2/c1-4-6-12-8-13(15-7-5-2)10-16(9-12)11-14(17)18-3/h12-13,15H,4-11H2,1-3H3. The van der Waals surface area contributed by atoms with Crippen molar-refractivity contribution in [3.63, 3.8) is 0 Å². The SMILES string of the molecule is CCCNC1CC(CCC)CN(CC(=O)OC)C1. The van der Waals surface area contributed by atoms with E-state index >= 15 is 0 Å². The number of hydrogen-bond acceptors (Lipinski definition) is 4. The Labute approximate surface area is 111 Å². The summed E-state index contributed by atoms with van der Waals surface area (Å²) in [6.07, 6.45) is 4.87. The molecule has 2 unspecified atom stereocenters. The summed E-state index contributed by atoms with van der Waals surface area (Å²) < 4.78 is 4.76. The Kier molecular flexibility index (Phi) is 7.28. The Morgan fingerprint density at radius 3 is 2.72 bits per heavy atom. The van der Waals surface area contributed by atoms with E-state index in [-0.39, 0.29) is 5.97 Å². The summed E-state index contributed by atoms with van der Waals surface area (Å²) in [4.78, 5) is 13.6. The van der Waals surface area contributed by atoms with E-state index < -0.39 is 0 Å². The first-order valence-electron chi connectivity index (χ1n) is 7.22. The first kappa shape index (κ1) is 15.4. The van der Waals surface area contributed by atoms with Crippen molar-refractivity contribution in [1.29, 1.82) is 0 Å². The zero-order valence-corrected chi connectivity index (χ0v) is 12.1. The number of nitrogens with one attached hydrogen (secondary N) is 1. The number of methoxy groups -OCH3 is 1. The number of nitrogens with zero attached hydrogens (tertiary/aromatic N) is 1. The molecule has 0 spiro atoms. The third kappa shape index (κ3) is 5.36. The Hall–Kier alpha value is -0.610. The fourth-order valence-corrected chi connectivity index (χ4v) is 2.79. The van der Waals surface area contributed by atoms with Gasteiger partial charge in [-0.1, -0.05) is 20.3 Å². The van der Waals surface area contributed by atoms with Gasteiger partial charge >= 0.3 is 5.97 Å². The van der Waals surface area contributed by atoms with E-state index in [0.29, 0.717) is 18.5 Å². The van der Waals surface area contributed by atoms with Crippen molar-refractivity contribution in [2.24, 2.45) is 5.92 Å². The molecule has 1 rings (SSSR count). The molecule has 4 heteroatoms. The van der Waals surface area contributed by atoms with Gasteiger partial charge in [0.2, 0.25) is 0 Å². The van der Waals surface area contributed by atoms with Gasteiger partial charge in [0.1, 0.15) is 0 Å². The van der Waals surface area contributed by atoms with Gasteiger partial charge in [-0.25, -0.2) is 0 Å². The fourth-order valence-electron chi connectivity index (χ4n) is 2.79. The molecule has 0 aromatic rings. The van der Waals surface area contributed by atoms with Crippen LogP contribution >= 0.6 is 0 Å². The smallest absolute Gasteiger partial charge is 0.319 e. The van der Waals surface area contributed by atoms with Crippen LogP contribution < -0.4 is 5.32 Å². The van der Waals surface area contributed by atoms with Gasteiger partial charge in [-0.3, -0.25) is 9.69 Å². The normalized spacial score (nSPS) is 25.1. The minimum atomic E-state index is -0.124. The van der Waals surface area contributed by atoms with Crippen molar-refractivity contribution in [2.75, 3.05) is 33.3 Å². The maximum Gasteiger partial charge on any atom is 0.319 e. The number of carbonyl (C=O) groups excluding carboxylic acids is 1. The van der Waals surface area contributed by atoms with Crippen LogP contribution in [-0.2, 0) is 9.53 Å². The van der Waals surface area contributed by atoms with Crippen molar-refractivity contribution < 1.29 is 9.53 Å². The lowest BCUT2D eigenvalue weighted by molar-refractivity contribution is -0.142. The number of carbonyl (C=O) groups is 1. The summed E-state index contributed by atoms with van der Waals surface area (Å²) in [6, 6.07) is 0.528. The number of piperidine rings is 1. The molecule has 18 heavy (non-hydrogen) atoms. The Balaban J connectivity index is 2.47. The first-order chi connectivity index (χ1) is 8.69. The van der Waals surface area contributed by atoms with Crippen LogP contribution in [0.15, 0.2) is 0 Å². The van der Waals surface area contributed by atoms with E-state index in [2.05, 4.69) is 24.1 Å². The molecule has 1 aliphatic heterocycles. The number of ether oxygens (including phenoxy) is 1. The molecule has 0 saturated carbocycles. The Bertz CT molecular complexity index is 246. The molecule has 4 nitrogen and oxygen atoms in total. The quantitative estimate of drug-likeness (QED) is 0.703. The molecule has 1 saturated heterocycles. The molecular weight excluding hydrogens is 228 g/mol. The third-order valence-electron chi connectivity index (χ3n) is 3.57. The largest absolute Gasteiger partial charge is 0.468 e. The maximum absolute atomic E-state index is 11.4. The minimum absolute atomic E-state index is 0.124. The van der Waals surface area contributed by atoms with E-state index in [1.54, 1.807) is 0 Å².